The number of methoxy groups -OCH3 is 2. The van der Waals surface area contributed by atoms with Gasteiger partial charge in [-0.2, -0.15) is 0 Å². The molecule has 10 nitrogen and oxygen atoms in total. The van der Waals surface area contributed by atoms with Crippen LogP contribution in [0.5, 0.6) is 11.5 Å². The first-order valence-electron chi connectivity index (χ1n) is 9.80. The average molecular weight is 484 g/mol. The first kappa shape index (κ1) is 24.3. The van der Waals surface area contributed by atoms with Crippen LogP contribution in [0.1, 0.15) is 5.56 Å². The highest BCUT2D eigenvalue weighted by Gasteiger charge is 2.17. The van der Waals surface area contributed by atoms with Crippen LogP contribution in [0.3, 0.4) is 0 Å². The van der Waals surface area contributed by atoms with Crippen molar-refractivity contribution in [1.29, 1.82) is 0 Å². The van der Waals surface area contributed by atoms with E-state index in [4.69, 9.17) is 9.47 Å². The predicted molar refractivity (Wildman–Crippen MR) is 128 cm³/mol. The maximum atomic E-state index is 12.8. The molecule has 0 radical (unpaired) electrons. The Morgan fingerprint density at radius 1 is 1.00 bits per heavy atom. The molecule has 2 N–H and O–H groups in total. The molecule has 34 heavy (non-hydrogen) atoms. The van der Waals surface area contributed by atoms with Crippen molar-refractivity contribution in [2.45, 2.75) is 4.90 Å². The number of rotatable bonds is 9. The molecule has 0 aliphatic heterocycles. The maximum Gasteiger partial charge on any atom is 0.270 e. The van der Waals surface area contributed by atoms with Crippen LogP contribution in [0, 0.1) is 10.1 Å². The summed E-state index contributed by atoms with van der Waals surface area (Å²) in [6.45, 7) is 0. The Bertz CT molecular complexity index is 1340. The van der Waals surface area contributed by atoms with Crippen molar-refractivity contribution in [3.05, 3.63) is 88.5 Å². The second kappa shape index (κ2) is 10.5. The number of carbonyl (C=O) groups is 1. The second-order valence-corrected chi connectivity index (χ2v) is 8.55. The van der Waals surface area contributed by atoms with E-state index < -0.39 is 20.9 Å². The fraction of sp³-hybridized carbons (Fsp3) is 0.0870. The molecule has 0 aliphatic carbocycles. The van der Waals surface area contributed by atoms with Crippen LogP contribution in [-0.4, -0.2) is 33.5 Å². The highest BCUT2D eigenvalue weighted by Crippen LogP contribution is 2.31. The van der Waals surface area contributed by atoms with Crippen LogP contribution in [0.2, 0.25) is 0 Å². The van der Waals surface area contributed by atoms with Gasteiger partial charge in [-0.05, 0) is 48.0 Å². The van der Waals surface area contributed by atoms with Crippen LogP contribution in [0.15, 0.2) is 77.7 Å². The zero-order valence-corrected chi connectivity index (χ0v) is 19.0. The van der Waals surface area contributed by atoms with Crippen LogP contribution in [0.4, 0.5) is 17.1 Å². The molecule has 176 valence electrons. The van der Waals surface area contributed by atoms with E-state index in [1.807, 2.05) is 0 Å². The standard InChI is InChI=1S/C23H21N3O7S/c1-32-19-9-12-22(33-2)21(15-19)25-34(30,31)20-10-7-17(8-11-20)24-23(27)13-6-16-4-3-5-18(14-16)26(28)29/h3-15,25H,1-2H3,(H,24,27)/b13-6+. The van der Waals surface area contributed by atoms with E-state index in [1.165, 1.54) is 74.9 Å². The third-order valence-corrected chi connectivity index (χ3v) is 5.97. The third-order valence-electron chi connectivity index (χ3n) is 4.59. The molecule has 0 saturated carbocycles. The lowest BCUT2D eigenvalue weighted by Crippen LogP contribution is -2.14. The van der Waals surface area contributed by atoms with Crippen molar-refractivity contribution < 1.29 is 27.6 Å². The number of anilines is 2. The van der Waals surface area contributed by atoms with Gasteiger partial charge >= 0.3 is 0 Å². The van der Waals surface area contributed by atoms with Gasteiger partial charge in [0, 0.05) is 30.0 Å². The van der Waals surface area contributed by atoms with Gasteiger partial charge in [-0.1, -0.05) is 12.1 Å². The molecule has 1 amide bonds. The van der Waals surface area contributed by atoms with E-state index in [-0.39, 0.29) is 16.3 Å². The van der Waals surface area contributed by atoms with Crippen molar-refractivity contribution in [3.8, 4) is 11.5 Å². The molecular formula is C23H21N3O7S. The topological polar surface area (TPSA) is 137 Å². The Morgan fingerprint density at radius 3 is 2.38 bits per heavy atom. The molecule has 0 aromatic heterocycles. The summed E-state index contributed by atoms with van der Waals surface area (Å²) >= 11 is 0. The van der Waals surface area contributed by atoms with Gasteiger partial charge in [0.2, 0.25) is 5.91 Å². The van der Waals surface area contributed by atoms with Gasteiger partial charge < -0.3 is 14.8 Å². The van der Waals surface area contributed by atoms with Crippen molar-refractivity contribution in [2.75, 3.05) is 24.3 Å². The normalized spacial score (nSPS) is 11.1. The minimum atomic E-state index is -3.94. The van der Waals surface area contributed by atoms with E-state index in [9.17, 15) is 23.3 Å². The number of amides is 1. The number of hydrogen-bond donors (Lipinski definition) is 2. The van der Waals surface area contributed by atoms with E-state index in [0.717, 1.165) is 0 Å². The lowest BCUT2D eigenvalue weighted by Gasteiger charge is -2.13. The van der Waals surface area contributed by atoms with Gasteiger partial charge in [0.25, 0.3) is 15.7 Å². The maximum absolute atomic E-state index is 12.8. The van der Waals surface area contributed by atoms with Crippen LogP contribution < -0.4 is 19.5 Å². The highest BCUT2D eigenvalue weighted by atomic mass is 32.2. The Balaban J connectivity index is 1.69. The van der Waals surface area contributed by atoms with Gasteiger partial charge in [-0.15, -0.1) is 0 Å². The number of carbonyl (C=O) groups excluding carboxylic acids is 1. The third kappa shape index (κ3) is 6.11. The van der Waals surface area contributed by atoms with Crippen LogP contribution in [-0.2, 0) is 14.8 Å². The van der Waals surface area contributed by atoms with Crippen LogP contribution >= 0.6 is 0 Å². The summed E-state index contributed by atoms with van der Waals surface area (Å²) in [6, 6.07) is 16.1. The van der Waals surface area contributed by atoms with Crippen LogP contribution in [0.25, 0.3) is 6.08 Å². The number of nitro benzene ring substituents is 1. The zero-order chi connectivity index (χ0) is 24.7. The predicted octanol–water partition coefficient (Wildman–Crippen LogP) is 4.06. The van der Waals surface area contributed by atoms with E-state index >= 15 is 0 Å². The summed E-state index contributed by atoms with van der Waals surface area (Å²) < 4.78 is 38.3. The summed E-state index contributed by atoms with van der Waals surface area (Å²) in [7, 11) is -1.06. The minimum absolute atomic E-state index is 0.0255. The number of ether oxygens (including phenoxy) is 2. The molecular weight excluding hydrogens is 462 g/mol. The van der Waals surface area contributed by atoms with Gasteiger partial charge in [-0.25, -0.2) is 8.42 Å². The van der Waals surface area contributed by atoms with E-state index in [1.54, 1.807) is 18.2 Å². The molecule has 0 spiro atoms. The minimum Gasteiger partial charge on any atom is -0.497 e. The highest BCUT2D eigenvalue weighted by molar-refractivity contribution is 7.92. The van der Waals surface area contributed by atoms with Gasteiger partial charge in [0.05, 0.1) is 29.7 Å². The van der Waals surface area contributed by atoms with Crippen molar-refractivity contribution in [3.63, 3.8) is 0 Å². The van der Waals surface area contributed by atoms with Crippen molar-refractivity contribution >= 4 is 39.1 Å². The number of nitrogens with one attached hydrogen (secondary N) is 2. The summed E-state index contributed by atoms with van der Waals surface area (Å²) in [5.41, 5.74) is 0.987. The lowest BCUT2D eigenvalue weighted by atomic mass is 10.2. The molecule has 0 fully saturated rings. The van der Waals surface area contributed by atoms with Gasteiger partial charge in [0.1, 0.15) is 11.5 Å². The number of hydrogen-bond acceptors (Lipinski definition) is 7. The summed E-state index contributed by atoms with van der Waals surface area (Å²) in [6.07, 6.45) is 2.66. The Hall–Kier alpha value is -4.38. The van der Waals surface area contributed by atoms with Gasteiger partial charge in [-0.3, -0.25) is 19.6 Å². The van der Waals surface area contributed by atoms with Gasteiger partial charge in [0.15, 0.2) is 0 Å². The second-order valence-electron chi connectivity index (χ2n) is 6.87. The summed E-state index contributed by atoms with van der Waals surface area (Å²) in [5.74, 6) is 0.292. The number of benzene rings is 3. The Labute approximate surface area is 196 Å². The number of sulfonamides is 1. The number of nitro groups is 1. The lowest BCUT2D eigenvalue weighted by molar-refractivity contribution is -0.384. The fourth-order valence-corrected chi connectivity index (χ4v) is 3.97. The molecule has 0 bridgehead atoms. The molecule has 3 rings (SSSR count). The fourth-order valence-electron chi connectivity index (χ4n) is 2.91. The van der Waals surface area contributed by atoms with Crippen molar-refractivity contribution in [2.24, 2.45) is 0 Å². The smallest absolute Gasteiger partial charge is 0.270 e. The van der Waals surface area contributed by atoms with Crippen molar-refractivity contribution in [1.82, 2.24) is 0 Å². The SMILES string of the molecule is COc1ccc(OC)c(NS(=O)(=O)c2ccc(NC(=O)/C=C/c3cccc([N+](=O)[O-])c3)cc2)c1. The van der Waals surface area contributed by atoms with E-state index in [0.29, 0.717) is 22.7 Å². The summed E-state index contributed by atoms with van der Waals surface area (Å²) in [5, 5.41) is 13.4. The van der Waals surface area contributed by atoms with E-state index in [2.05, 4.69) is 10.0 Å². The molecule has 11 heteroatoms. The molecule has 0 heterocycles. The summed E-state index contributed by atoms with van der Waals surface area (Å²) in [4.78, 5) is 22.5. The Morgan fingerprint density at radius 2 is 1.74 bits per heavy atom. The molecule has 3 aromatic rings. The Kier molecular flexibility index (Phi) is 7.49. The number of non-ortho nitro benzene ring substituents is 1. The first-order valence-corrected chi connectivity index (χ1v) is 11.3. The molecule has 3 aromatic carbocycles. The molecule has 0 atom stereocenters. The zero-order valence-electron chi connectivity index (χ0n) is 18.2. The molecule has 0 unspecified atom stereocenters. The molecule has 0 saturated heterocycles. The first-order chi connectivity index (χ1) is 16.2. The quantitative estimate of drug-likeness (QED) is 0.266. The number of nitrogens with zero attached hydrogens (tertiary/aromatic N) is 1. The largest absolute Gasteiger partial charge is 0.497 e. The molecule has 0 aliphatic rings. The average Bonchev–Trinajstić information content (AvgIpc) is 2.83. The monoisotopic (exact) mass is 483 g/mol.